The molecule has 3 heterocycles. The first-order valence-electron chi connectivity index (χ1n) is 11.2. The first-order chi connectivity index (χ1) is 15.8. The van der Waals surface area contributed by atoms with Gasteiger partial charge in [0.2, 0.25) is 24.4 Å². The summed E-state index contributed by atoms with van der Waals surface area (Å²) >= 11 is 0. The van der Waals surface area contributed by atoms with E-state index in [2.05, 4.69) is 15.5 Å². The summed E-state index contributed by atoms with van der Waals surface area (Å²) in [5.41, 5.74) is 1.78. The number of benzene rings is 1. The number of rotatable bonds is 6. The summed E-state index contributed by atoms with van der Waals surface area (Å²) in [5.74, 6) is 3.19. The summed E-state index contributed by atoms with van der Waals surface area (Å²) in [6.45, 7) is 0.793. The van der Waals surface area contributed by atoms with Crippen molar-refractivity contribution in [1.29, 1.82) is 0 Å². The Morgan fingerprint density at radius 2 is 2.00 bits per heavy atom. The highest BCUT2D eigenvalue weighted by Gasteiger charge is 2.53. The molecule has 2 aliphatic carbocycles. The average Bonchev–Trinajstić information content (AvgIpc) is 3.62. The van der Waals surface area contributed by atoms with E-state index in [9.17, 15) is 4.79 Å². The molecule has 2 saturated carbocycles. The first kappa shape index (κ1) is 19.3. The van der Waals surface area contributed by atoms with Crippen molar-refractivity contribution in [2.75, 3.05) is 13.3 Å². The number of hydrogen-bond acceptors (Lipinski definition) is 7. The van der Waals surface area contributed by atoms with Gasteiger partial charge in [-0.05, 0) is 61.4 Å². The largest absolute Gasteiger partial charge is 0.454 e. The van der Waals surface area contributed by atoms with Gasteiger partial charge in [-0.1, -0.05) is 11.2 Å². The molecule has 1 amide bonds. The molecule has 1 aliphatic heterocycles. The van der Waals surface area contributed by atoms with Gasteiger partial charge >= 0.3 is 0 Å². The van der Waals surface area contributed by atoms with Crippen molar-refractivity contribution in [3.05, 3.63) is 54.2 Å². The lowest BCUT2D eigenvalue weighted by Gasteiger charge is -2.27. The van der Waals surface area contributed by atoms with Crippen LogP contribution in [-0.2, 0) is 11.2 Å². The highest BCUT2D eigenvalue weighted by atomic mass is 16.7. The zero-order valence-electron chi connectivity index (χ0n) is 17.6. The Hall–Kier alpha value is -3.42. The third-order valence-electron chi connectivity index (χ3n) is 6.98. The van der Waals surface area contributed by atoms with Gasteiger partial charge in [0.05, 0.1) is 11.8 Å². The molecule has 2 aromatic heterocycles. The zero-order valence-corrected chi connectivity index (χ0v) is 17.6. The van der Waals surface area contributed by atoms with Crippen LogP contribution in [0.25, 0.3) is 11.4 Å². The number of aromatic nitrogens is 3. The van der Waals surface area contributed by atoms with Gasteiger partial charge in [0, 0.05) is 30.4 Å². The fraction of sp³-hybridized carbons (Fsp3) is 0.417. The van der Waals surface area contributed by atoms with E-state index in [-0.39, 0.29) is 24.5 Å². The SMILES string of the molecule is O=C(NCCc1ccccn1)[C@H]1[C@H]2CC[C@H](C2)[C@@H]1c1nc(-c2ccc3c(c2)OCO3)no1. The summed E-state index contributed by atoms with van der Waals surface area (Å²) < 4.78 is 16.5. The minimum atomic E-state index is -0.123. The van der Waals surface area contributed by atoms with E-state index in [1.807, 2.05) is 36.4 Å². The average molecular weight is 432 g/mol. The number of carbonyl (C=O) groups excluding carboxylic acids is 1. The Balaban J connectivity index is 1.18. The van der Waals surface area contributed by atoms with E-state index in [4.69, 9.17) is 19.0 Å². The summed E-state index contributed by atoms with van der Waals surface area (Å²) in [4.78, 5) is 22.2. The maximum Gasteiger partial charge on any atom is 0.231 e. The number of fused-ring (bicyclic) bond motifs is 3. The Bertz CT molecular complexity index is 1130. The van der Waals surface area contributed by atoms with Crippen LogP contribution in [0.5, 0.6) is 11.5 Å². The number of nitrogens with zero attached hydrogens (tertiary/aromatic N) is 3. The Morgan fingerprint density at radius 3 is 2.91 bits per heavy atom. The number of hydrogen-bond donors (Lipinski definition) is 1. The van der Waals surface area contributed by atoms with Crippen LogP contribution in [0.1, 0.15) is 36.8 Å². The lowest BCUT2D eigenvalue weighted by atomic mass is 9.78. The molecule has 0 spiro atoms. The molecule has 2 fully saturated rings. The second-order valence-corrected chi connectivity index (χ2v) is 8.77. The number of amides is 1. The van der Waals surface area contributed by atoms with Crippen LogP contribution in [0.3, 0.4) is 0 Å². The molecule has 1 N–H and O–H groups in total. The smallest absolute Gasteiger partial charge is 0.231 e. The van der Waals surface area contributed by atoms with Gasteiger partial charge in [-0.2, -0.15) is 4.98 Å². The molecule has 0 unspecified atom stereocenters. The Labute approximate surface area is 185 Å². The zero-order chi connectivity index (χ0) is 21.5. The van der Waals surface area contributed by atoms with E-state index in [0.717, 1.165) is 30.5 Å². The molecule has 164 valence electrons. The molecule has 8 heteroatoms. The highest BCUT2D eigenvalue weighted by Crippen LogP contribution is 2.56. The van der Waals surface area contributed by atoms with Crippen LogP contribution in [-0.4, -0.2) is 34.4 Å². The van der Waals surface area contributed by atoms with Crippen LogP contribution < -0.4 is 14.8 Å². The van der Waals surface area contributed by atoms with Crippen LogP contribution >= 0.6 is 0 Å². The van der Waals surface area contributed by atoms with Gasteiger partial charge in [0.25, 0.3) is 0 Å². The third-order valence-corrected chi connectivity index (χ3v) is 6.98. The quantitative estimate of drug-likeness (QED) is 0.638. The van der Waals surface area contributed by atoms with Crippen molar-refractivity contribution in [1.82, 2.24) is 20.4 Å². The van der Waals surface area contributed by atoms with Gasteiger partial charge in [0.15, 0.2) is 11.5 Å². The molecular formula is C24H24N4O4. The molecule has 8 nitrogen and oxygen atoms in total. The third kappa shape index (κ3) is 3.39. The number of nitrogens with one attached hydrogen (secondary N) is 1. The maximum atomic E-state index is 13.2. The number of pyridine rings is 1. The molecule has 3 aliphatic rings. The van der Waals surface area contributed by atoms with Crippen molar-refractivity contribution < 1.29 is 18.8 Å². The predicted molar refractivity (Wildman–Crippen MR) is 114 cm³/mol. The van der Waals surface area contributed by atoms with Crippen LogP contribution in [0, 0.1) is 17.8 Å². The van der Waals surface area contributed by atoms with Crippen LogP contribution in [0.2, 0.25) is 0 Å². The molecular weight excluding hydrogens is 408 g/mol. The summed E-state index contributed by atoms with van der Waals surface area (Å²) in [5, 5.41) is 7.34. The normalized spacial score (nSPS) is 25.2. The van der Waals surface area contributed by atoms with Crippen molar-refractivity contribution in [3.63, 3.8) is 0 Å². The molecule has 4 atom stereocenters. The minimum absolute atomic E-state index is 0.0288. The van der Waals surface area contributed by atoms with Crippen molar-refractivity contribution >= 4 is 5.91 Å². The molecule has 6 rings (SSSR count). The van der Waals surface area contributed by atoms with E-state index in [1.165, 1.54) is 0 Å². The van der Waals surface area contributed by atoms with Gasteiger partial charge in [0.1, 0.15) is 0 Å². The molecule has 3 aromatic rings. The van der Waals surface area contributed by atoms with E-state index in [0.29, 0.717) is 48.0 Å². The van der Waals surface area contributed by atoms with Gasteiger partial charge in [-0.15, -0.1) is 0 Å². The second-order valence-electron chi connectivity index (χ2n) is 8.77. The van der Waals surface area contributed by atoms with Crippen molar-refractivity contribution in [3.8, 4) is 22.9 Å². The summed E-state index contributed by atoms with van der Waals surface area (Å²) in [6, 6.07) is 11.4. The summed E-state index contributed by atoms with van der Waals surface area (Å²) in [7, 11) is 0. The fourth-order valence-corrected chi connectivity index (χ4v) is 5.52. The van der Waals surface area contributed by atoms with Crippen molar-refractivity contribution in [2.45, 2.75) is 31.6 Å². The number of carbonyl (C=O) groups is 1. The second kappa shape index (κ2) is 7.93. The van der Waals surface area contributed by atoms with E-state index in [1.54, 1.807) is 6.20 Å². The molecule has 0 radical (unpaired) electrons. The predicted octanol–water partition coefficient (Wildman–Crippen LogP) is 3.35. The molecule has 2 bridgehead atoms. The lowest BCUT2D eigenvalue weighted by molar-refractivity contribution is -0.127. The van der Waals surface area contributed by atoms with Gasteiger partial charge in [-0.3, -0.25) is 9.78 Å². The van der Waals surface area contributed by atoms with Crippen LogP contribution in [0.15, 0.2) is 47.1 Å². The standard InChI is InChI=1S/C24H24N4O4/c29-23(26-10-8-17-3-1-2-9-25-17)20-14-4-5-15(11-14)21(20)24-27-22(28-32-24)16-6-7-18-19(12-16)31-13-30-18/h1-3,6-7,9,12,14-15,20-21H,4-5,8,10-11,13H2,(H,26,29)/t14-,15+,20-,21-/m0/s1. The van der Waals surface area contributed by atoms with E-state index < -0.39 is 0 Å². The Kier molecular flexibility index (Phi) is 4.78. The fourth-order valence-electron chi connectivity index (χ4n) is 5.52. The Morgan fingerprint density at radius 1 is 1.09 bits per heavy atom. The molecule has 32 heavy (non-hydrogen) atoms. The number of ether oxygens (including phenoxy) is 2. The monoisotopic (exact) mass is 432 g/mol. The topological polar surface area (TPSA) is 99.4 Å². The lowest BCUT2D eigenvalue weighted by Crippen LogP contribution is -2.38. The molecule has 0 saturated heterocycles. The first-order valence-corrected chi connectivity index (χ1v) is 11.2. The van der Waals surface area contributed by atoms with Gasteiger partial charge < -0.3 is 19.3 Å². The van der Waals surface area contributed by atoms with Crippen LogP contribution in [0.4, 0.5) is 0 Å². The minimum Gasteiger partial charge on any atom is -0.454 e. The maximum absolute atomic E-state index is 13.2. The molecule has 1 aromatic carbocycles. The van der Waals surface area contributed by atoms with Gasteiger partial charge in [-0.25, -0.2) is 0 Å². The van der Waals surface area contributed by atoms with E-state index >= 15 is 0 Å². The highest BCUT2D eigenvalue weighted by molar-refractivity contribution is 5.80. The summed E-state index contributed by atoms with van der Waals surface area (Å²) in [6.07, 6.45) is 5.73. The van der Waals surface area contributed by atoms with Crippen molar-refractivity contribution in [2.24, 2.45) is 17.8 Å².